The van der Waals surface area contributed by atoms with Gasteiger partial charge in [-0.3, -0.25) is 9.59 Å². The fourth-order valence-corrected chi connectivity index (χ4v) is 9.55. The van der Waals surface area contributed by atoms with Crippen molar-refractivity contribution in [3.05, 3.63) is 59.7 Å². The largest absolute Gasteiger partial charge is 0.481 e. The molecule has 204 valence electrons. The summed E-state index contributed by atoms with van der Waals surface area (Å²) in [5.74, 6) is -2.65. The molecule has 6 rings (SSSR count). The van der Waals surface area contributed by atoms with Crippen LogP contribution in [0, 0.1) is 34.0 Å². The van der Waals surface area contributed by atoms with Gasteiger partial charge in [0.1, 0.15) is 6.17 Å². The van der Waals surface area contributed by atoms with Gasteiger partial charge in [-0.15, -0.1) is 0 Å². The Labute approximate surface area is 222 Å². The van der Waals surface area contributed by atoms with E-state index >= 15 is 8.78 Å². The first-order valence-corrected chi connectivity index (χ1v) is 13.9. The smallest absolute Gasteiger partial charge is 0.311 e. The quantitative estimate of drug-likeness (QED) is 0.590. The fourth-order valence-electron chi connectivity index (χ4n) is 9.55. The molecular formula is C31H37F2NO4. The van der Waals surface area contributed by atoms with Crippen LogP contribution in [0.5, 0.6) is 0 Å². The van der Waals surface area contributed by atoms with Gasteiger partial charge in [0.05, 0.1) is 11.5 Å². The first kappa shape index (κ1) is 25.9. The van der Waals surface area contributed by atoms with Gasteiger partial charge < -0.3 is 15.1 Å². The SMILES string of the molecule is CC12C=CC(=O)C=C1C(F)CC1C3CC4CN(CCCc5ccccc5)CC4(C(=O)O)C3(C)CC(O)C12F. The topological polar surface area (TPSA) is 77.8 Å². The molecule has 3 saturated carbocycles. The number of carbonyl (C=O) groups is 2. The first-order chi connectivity index (χ1) is 18.0. The van der Waals surface area contributed by atoms with Crippen molar-refractivity contribution in [2.24, 2.45) is 34.0 Å². The lowest BCUT2D eigenvalue weighted by Crippen LogP contribution is -2.69. The molecule has 0 aromatic heterocycles. The highest BCUT2D eigenvalue weighted by molar-refractivity contribution is 6.01. The van der Waals surface area contributed by atoms with Crippen molar-refractivity contribution in [2.45, 2.75) is 63.9 Å². The van der Waals surface area contributed by atoms with Crippen LogP contribution in [-0.2, 0) is 16.0 Å². The molecule has 38 heavy (non-hydrogen) atoms. The van der Waals surface area contributed by atoms with E-state index in [-0.39, 0.29) is 36.0 Å². The van der Waals surface area contributed by atoms with Crippen LogP contribution in [-0.4, -0.2) is 64.4 Å². The van der Waals surface area contributed by atoms with Gasteiger partial charge in [-0.1, -0.05) is 43.3 Å². The van der Waals surface area contributed by atoms with Crippen LogP contribution in [0.1, 0.15) is 45.1 Å². The number of aliphatic hydroxyl groups is 1. The maximum Gasteiger partial charge on any atom is 0.311 e. The summed E-state index contributed by atoms with van der Waals surface area (Å²) in [7, 11) is 0. The van der Waals surface area contributed by atoms with E-state index in [4.69, 9.17) is 0 Å². The Morgan fingerprint density at radius 3 is 2.61 bits per heavy atom. The maximum atomic E-state index is 17.4. The minimum atomic E-state index is -2.17. The van der Waals surface area contributed by atoms with Crippen LogP contribution in [0.2, 0.25) is 0 Å². The van der Waals surface area contributed by atoms with Crippen LogP contribution in [0.25, 0.3) is 0 Å². The number of aryl methyl sites for hydroxylation is 1. The second kappa shape index (κ2) is 8.56. The predicted octanol–water partition coefficient (Wildman–Crippen LogP) is 4.55. The molecule has 7 heteroatoms. The average molecular weight is 526 g/mol. The molecule has 0 spiro atoms. The molecule has 0 bridgehead atoms. The molecule has 1 heterocycles. The number of aliphatic hydroxyl groups excluding tert-OH is 1. The number of rotatable bonds is 5. The van der Waals surface area contributed by atoms with Crippen LogP contribution in [0.4, 0.5) is 8.78 Å². The molecule has 0 amide bonds. The van der Waals surface area contributed by atoms with Crippen molar-refractivity contribution >= 4 is 11.8 Å². The zero-order chi connectivity index (χ0) is 27.1. The lowest BCUT2D eigenvalue weighted by Gasteiger charge is -2.63. The molecule has 5 aliphatic rings. The van der Waals surface area contributed by atoms with Gasteiger partial charge in [0.15, 0.2) is 11.5 Å². The first-order valence-electron chi connectivity index (χ1n) is 13.9. The number of hydrogen-bond donors (Lipinski definition) is 2. The van der Waals surface area contributed by atoms with Gasteiger partial charge in [-0.05, 0) is 86.1 Å². The van der Waals surface area contributed by atoms with Gasteiger partial charge >= 0.3 is 5.97 Å². The lowest BCUT2D eigenvalue weighted by atomic mass is 9.43. The second-order valence-corrected chi connectivity index (χ2v) is 12.9. The molecule has 1 aromatic carbocycles. The molecule has 9 unspecified atom stereocenters. The van der Waals surface area contributed by atoms with Gasteiger partial charge in [0, 0.05) is 24.4 Å². The molecular weight excluding hydrogens is 488 g/mol. The van der Waals surface area contributed by atoms with E-state index in [1.54, 1.807) is 6.92 Å². The van der Waals surface area contributed by atoms with Crippen molar-refractivity contribution in [2.75, 3.05) is 19.6 Å². The minimum Gasteiger partial charge on any atom is -0.481 e. The molecule has 1 saturated heterocycles. The van der Waals surface area contributed by atoms with Gasteiger partial charge in [0.2, 0.25) is 0 Å². The number of alkyl halides is 2. The third-order valence-electron chi connectivity index (χ3n) is 11.4. The van der Waals surface area contributed by atoms with Gasteiger partial charge in [0.25, 0.3) is 0 Å². The van der Waals surface area contributed by atoms with Crippen molar-refractivity contribution in [3.8, 4) is 0 Å². The van der Waals surface area contributed by atoms with Gasteiger partial charge in [-0.25, -0.2) is 8.78 Å². The van der Waals surface area contributed by atoms with E-state index in [2.05, 4.69) is 17.0 Å². The molecule has 0 radical (unpaired) electrons. The Hall–Kier alpha value is -2.38. The highest BCUT2D eigenvalue weighted by Crippen LogP contribution is 2.74. The third kappa shape index (κ3) is 3.21. The number of likely N-dealkylation sites (tertiary alicyclic amines) is 1. The normalized spacial score (nSPS) is 45.7. The molecule has 1 aromatic rings. The fraction of sp³-hybridized carbons (Fsp3) is 0.613. The Balaban J connectivity index is 1.30. The summed E-state index contributed by atoms with van der Waals surface area (Å²) in [5, 5.41) is 22.3. The number of carboxylic acids is 1. The summed E-state index contributed by atoms with van der Waals surface area (Å²) in [6.07, 6.45) is 3.13. The van der Waals surface area contributed by atoms with Crippen molar-refractivity contribution in [1.29, 1.82) is 0 Å². The zero-order valence-corrected chi connectivity index (χ0v) is 22.1. The number of fused-ring (bicyclic) bond motifs is 7. The van der Waals surface area contributed by atoms with E-state index in [1.165, 1.54) is 23.8 Å². The van der Waals surface area contributed by atoms with E-state index < -0.39 is 46.1 Å². The number of allylic oxidation sites excluding steroid dienone is 4. The van der Waals surface area contributed by atoms with E-state index in [9.17, 15) is 19.8 Å². The second-order valence-electron chi connectivity index (χ2n) is 12.9. The summed E-state index contributed by atoms with van der Waals surface area (Å²) in [5.41, 5.74) is -4.25. The molecule has 9 atom stereocenters. The van der Waals surface area contributed by atoms with E-state index in [0.29, 0.717) is 19.5 Å². The molecule has 1 aliphatic heterocycles. The van der Waals surface area contributed by atoms with Crippen LogP contribution < -0.4 is 0 Å². The van der Waals surface area contributed by atoms with Crippen molar-refractivity contribution in [3.63, 3.8) is 0 Å². The van der Waals surface area contributed by atoms with Crippen LogP contribution in [0.15, 0.2) is 54.1 Å². The number of carbonyl (C=O) groups excluding carboxylic acids is 1. The summed E-state index contributed by atoms with van der Waals surface area (Å²) < 4.78 is 33.0. The molecule has 4 fully saturated rings. The Bertz CT molecular complexity index is 1220. The highest BCUT2D eigenvalue weighted by atomic mass is 19.1. The number of nitrogens with zero attached hydrogens (tertiary/aromatic N) is 1. The van der Waals surface area contributed by atoms with Crippen LogP contribution in [0.3, 0.4) is 0 Å². The predicted molar refractivity (Wildman–Crippen MR) is 139 cm³/mol. The Morgan fingerprint density at radius 1 is 1.16 bits per heavy atom. The number of ketones is 1. The summed E-state index contributed by atoms with van der Waals surface area (Å²) in [6.45, 7) is 5.25. The number of aliphatic carboxylic acids is 1. The number of halogens is 2. The molecule has 4 aliphatic carbocycles. The summed E-state index contributed by atoms with van der Waals surface area (Å²) >= 11 is 0. The van der Waals surface area contributed by atoms with Gasteiger partial charge in [-0.2, -0.15) is 0 Å². The maximum absolute atomic E-state index is 17.4. The number of carboxylic acid groups (broad SMARTS) is 1. The Morgan fingerprint density at radius 2 is 1.89 bits per heavy atom. The monoisotopic (exact) mass is 525 g/mol. The number of hydrogen-bond acceptors (Lipinski definition) is 4. The zero-order valence-electron chi connectivity index (χ0n) is 22.1. The van der Waals surface area contributed by atoms with Crippen molar-refractivity contribution in [1.82, 2.24) is 4.90 Å². The van der Waals surface area contributed by atoms with E-state index in [1.807, 2.05) is 25.1 Å². The third-order valence-corrected chi connectivity index (χ3v) is 11.4. The Kier molecular flexibility index (Phi) is 5.83. The van der Waals surface area contributed by atoms with Crippen molar-refractivity contribution < 1.29 is 28.6 Å². The molecule has 2 N–H and O–H groups in total. The summed E-state index contributed by atoms with van der Waals surface area (Å²) in [4.78, 5) is 27.4. The van der Waals surface area contributed by atoms with Crippen LogP contribution >= 0.6 is 0 Å². The minimum absolute atomic E-state index is 0.00688. The molecule has 5 nitrogen and oxygen atoms in total. The summed E-state index contributed by atoms with van der Waals surface area (Å²) in [6, 6.07) is 10.2. The average Bonchev–Trinajstić information content (AvgIpc) is 3.36. The standard InChI is InChI=1S/C31H37F2NO4/c1-28-11-10-21(35)14-24(28)25(32)15-23-22-13-20-17-34(12-6-9-19-7-4-3-5-8-19)18-30(20,27(37)38)29(22,2)16-26(36)31(23,28)33/h3-5,7-8,10-11,14,20,22-23,25-26,36H,6,9,12-13,15-18H2,1-2H3,(H,37,38). The number of benzene rings is 1. The lowest BCUT2D eigenvalue weighted by molar-refractivity contribution is -0.215. The van der Waals surface area contributed by atoms with E-state index in [0.717, 1.165) is 19.4 Å². The highest BCUT2D eigenvalue weighted by Gasteiger charge is 2.78.